The van der Waals surface area contributed by atoms with E-state index in [1.165, 1.54) is 0 Å². The van der Waals surface area contributed by atoms with Gasteiger partial charge in [-0.2, -0.15) is 0 Å². The van der Waals surface area contributed by atoms with Gasteiger partial charge in [-0.05, 0) is 21.1 Å². The van der Waals surface area contributed by atoms with Gasteiger partial charge in [-0.1, -0.05) is 0 Å². The molecule has 0 rings (SSSR count). The zero-order valence-electron chi connectivity index (χ0n) is 16.5. The highest BCUT2D eigenvalue weighted by Crippen LogP contribution is 2.15. The molecule has 0 bridgehead atoms. The molecule has 0 amide bonds. The zero-order chi connectivity index (χ0) is 23.0. The van der Waals surface area contributed by atoms with Gasteiger partial charge in [0.1, 0.15) is 0 Å². The van der Waals surface area contributed by atoms with Crippen LogP contribution in [-0.2, 0) is 14.4 Å². The minimum absolute atomic E-state index is 0.233. The lowest BCUT2D eigenvalue weighted by Gasteiger charge is -2.18. The first kappa shape index (κ1) is 33.7. The Balaban J connectivity index is -0.000000159. The molecule has 13 nitrogen and oxygen atoms in total. The number of carboxylic acid groups (broad SMARTS) is 3. The predicted molar refractivity (Wildman–Crippen MR) is 100 cm³/mol. The first-order valence-corrected chi connectivity index (χ1v) is 8.18. The van der Waals surface area contributed by atoms with Crippen LogP contribution in [0.5, 0.6) is 0 Å². The second-order valence-corrected chi connectivity index (χ2v) is 4.96. The van der Waals surface area contributed by atoms with Crippen LogP contribution in [0, 0.1) is 0 Å². The number of hydrogen-bond donors (Lipinski definition) is 10. The van der Waals surface area contributed by atoms with E-state index in [4.69, 9.17) is 35.7 Å². The molecule has 0 aromatic heterocycles. The highest BCUT2D eigenvalue weighted by Gasteiger charge is 2.40. The summed E-state index contributed by atoms with van der Waals surface area (Å²) in [5, 5.41) is 66.1. The van der Waals surface area contributed by atoms with E-state index in [0.29, 0.717) is 19.6 Å². The van der Waals surface area contributed by atoms with Crippen molar-refractivity contribution in [2.75, 3.05) is 60.6 Å². The first-order chi connectivity index (χ1) is 13.0. The Bertz CT molecular complexity index is 347. The Labute approximate surface area is 164 Å². The highest BCUT2D eigenvalue weighted by atomic mass is 16.4. The fourth-order valence-electron chi connectivity index (χ4n) is 1.05. The molecule has 0 aromatic rings. The van der Waals surface area contributed by atoms with Gasteiger partial charge in [0, 0.05) is 19.6 Å². The van der Waals surface area contributed by atoms with Gasteiger partial charge in [-0.15, -0.1) is 0 Å². The molecule has 10 N–H and O–H groups in total. The van der Waals surface area contributed by atoms with Crippen molar-refractivity contribution in [2.45, 2.75) is 18.4 Å². The number of nitrogens with one attached hydrogen (secondary N) is 3. The summed E-state index contributed by atoms with van der Waals surface area (Å²) in [4.78, 5) is 30.5. The number of rotatable bonds is 11. The van der Waals surface area contributed by atoms with Gasteiger partial charge in [0.25, 0.3) is 0 Å². The van der Waals surface area contributed by atoms with Crippen molar-refractivity contribution in [3.63, 3.8) is 0 Å². The summed E-state index contributed by atoms with van der Waals surface area (Å²) in [5.41, 5.74) is -2.74. The van der Waals surface area contributed by atoms with Crippen LogP contribution in [0.15, 0.2) is 0 Å². The van der Waals surface area contributed by atoms with Gasteiger partial charge in [0.05, 0.1) is 32.7 Å². The summed E-state index contributed by atoms with van der Waals surface area (Å²) in [6.45, 7) is 2.78. The van der Waals surface area contributed by atoms with Crippen molar-refractivity contribution >= 4 is 17.9 Å². The van der Waals surface area contributed by atoms with Crippen molar-refractivity contribution in [1.82, 2.24) is 16.0 Å². The second kappa shape index (κ2) is 25.1. The average molecular weight is 417 g/mol. The van der Waals surface area contributed by atoms with Crippen molar-refractivity contribution in [3.8, 4) is 0 Å². The van der Waals surface area contributed by atoms with E-state index >= 15 is 0 Å². The first-order valence-electron chi connectivity index (χ1n) is 8.18. The summed E-state index contributed by atoms with van der Waals surface area (Å²) in [5.74, 6) is -5.02. The van der Waals surface area contributed by atoms with Gasteiger partial charge in [-0.3, -0.25) is 9.59 Å². The molecular weight excluding hydrogens is 382 g/mol. The van der Waals surface area contributed by atoms with Crippen LogP contribution in [0.2, 0.25) is 0 Å². The number of aliphatic hydroxyl groups excluding tert-OH is 3. The number of carbonyl (C=O) groups is 3. The SMILES string of the molecule is CNCCO.CNCCO.CNCCO.O=C(O)CC(O)(CC(=O)O)C(=O)O. The standard InChI is InChI=1S/C6H8O7.3C3H9NO/c7-3(8)1-6(13,5(11)12)2-4(9)10;3*1-4-2-3-5/h13H,1-2H2,(H,7,8)(H,9,10)(H,11,12);3*4-5H,2-3H2,1H3. The van der Waals surface area contributed by atoms with Crippen LogP contribution in [-0.4, -0.2) is 120 Å². The third-order valence-corrected chi connectivity index (χ3v) is 2.37. The average Bonchev–Trinajstić information content (AvgIpc) is 2.57. The molecule has 170 valence electrons. The highest BCUT2D eigenvalue weighted by molar-refractivity contribution is 5.88. The van der Waals surface area contributed by atoms with E-state index in [1.807, 2.05) is 0 Å². The Morgan fingerprint density at radius 2 is 0.929 bits per heavy atom. The summed E-state index contributed by atoms with van der Waals surface area (Å²) in [6.07, 6.45) is -2.29. The minimum atomic E-state index is -2.74. The van der Waals surface area contributed by atoms with Crippen molar-refractivity contribution < 1.29 is 50.1 Å². The second-order valence-electron chi connectivity index (χ2n) is 4.96. The molecule has 0 fully saturated rings. The van der Waals surface area contributed by atoms with E-state index in [9.17, 15) is 14.4 Å². The molecule has 0 atom stereocenters. The molecular formula is C15H35N3O10. The molecule has 0 aliphatic carbocycles. The molecule has 0 aliphatic heterocycles. The van der Waals surface area contributed by atoms with Gasteiger partial charge >= 0.3 is 17.9 Å². The zero-order valence-corrected chi connectivity index (χ0v) is 16.5. The molecule has 0 spiro atoms. The van der Waals surface area contributed by atoms with Gasteiger partial charge < -0.3 is 51.7 Å². The fraction of sp³-hybridized carbons (Fsp3) is 0.800. The van der Waals surface area contributed by atoms with E-state index < -0.39 is 36.4 Å². The maximum Gasteiger partial charge on any atom is 0.336 e. The lowest BCUT2D eigenvalue weighted by Crippen LogP contribution is -2.42. The van der Waals surface area contributed by atoms with Crippen molar-refractivity contribution in [2.24, 2.45) is 0 Å². The normalized spacial score (nSPS) is 9.54. The quantitative estimate of drug-likeness (QED) is 0.156. The summed E-state index contributed by atoms with van der Waals surface area (Å²) < 4.78 is 0. The fourth-order valence-corrected chi connectivity index (χ4v) is 1.05. The van der Waals surface area contributed by atoms with E-state index in [1.54, 1.807) is 21.1 Å². The maximum absolute atomic E-state index is 10.3. The predicted octanol–water partition coefficient (Wildman–Crippen LogP) is -3.65. The Hall–Kier alpha value is -1.87. The van der Waals surface area contributed by atoms with E-state index in [0.717, 1.165) is 0 Å². The number of likely N-dealkylation sites (N-methyl/N-ethyl adjacent to an activating group) is 3. The Morgan fingerprint density at radius 1 is 0.679 bits per heavy atom. The number of hydrogen-bond acceptors (Lipinski definition) is 10. The lowest BCUT2D eigenvalue weighted by molar-refractivity contribution is -0.170. The molecule has 0 aliphatic rings. The van der Waals surface area contributed by atoms with Crippen molar-refractivity contribution in [3.05, 3.63) is 0 Å². The third-order valence-electron chi connectivity index (χ3n) is 2.37. The molecule has 28 heavy (non-hydrogen) atoms. The summed E-state index contributed by atoms with van der Waals surface area (Å²) in [7, 11) is 5.41. The maximum atomic E-state index is 10.3. The smallest absolute Gasteiger partial charge is 0.336 e. The molecule has 0 radical (unpaired) electrons. The van der Waals surface area contributed by atoms with Gasteiger partial charge in [0.15, 0.2) is 5.60 Å². The molecule has 0 aromatic carbocycles. The van der Waals surface area contributed by atoms with Crippen LogP contribution < -0.4 is 16.0 Å². The minimum Gasteiger partial charge on any atom is -0.481 e. The van der Waals surface area contributed by atoms with E-state index in [-0.39, 0.29) is 19.8 Å². The van der Waals surface area contributed by atoms with Crippen LogP contribution in [0.25, 0.3) is 0 Å². The molecule has 0 heterocycles. The van der Waals surface area contributed by atoms with Crippen LogP contribution >= 0.6 is 0 Å². The lowest BCUT2D eigenvalue weighted by atomic mass is 9.96. The Kier molecular flexibility index (Phi) is 30.2. The van der Waals surface area contributed by atoms with Crippen molar-refractivity contribution in [1.29, 1.82) is 0 Å². The largest absolute Gasteiger partial charge is 0.481 e. The topological polar surface area (TPSA) is 229 Å². The van der Waals surface area contributed by atoms with Crippen LogP contribution in [0.4, 0.5) is 0 Å². The Morgan fingerprint density at radius 3 is 1.00 bits per heavy atom. The van der Waals surface area contributed by atoms with Crippen LogP contribution in [0.3, 0.4) is 0 Å². The third kappa shape index (κ3) is 31.9. The number of aliphatic carboxylic acids is 3. The van der Waals surface area contributed by atoms with E-state index in [2.05, 4.69) is 16.0 Å². The summed E-state index contributed by atoms with van der Waals surface area (Å²) >= 11 is 0. The summed E-state index contributed by atoms with van der Waals surface area (Å²) in [6, 6.07) is 0. The molecule has 0 unspecified atom stereocenters. The molecule has 0 saturated carbocycles. The van der Waals surface area contributed by atoms with Gasteiger partial charge in [-0.25, -0.2) is 4.79 Å². The number of aliphatic hydroxyl groups is 4. The number of carboxylic acids is 3. The monoisotopic (exact) mass is 417 g/mol. The molecule has 13 heteroatoms. The molecule has 0 saturated heterocycles. The van der Waals surface area contributed by atoms with Gasteiger partial charge in [0.2, 0.25) is 0 Å². The van der Waals surface area contributed by atoms with Crippen LogP contribution in [0.1, 0.15) is 12.8 Å².